The van der Waals surface area contributed by atoms with Crippen LogP contribution in [0.1, 0.15) is 5.69 Å². The average Bonchev–Trinajstić information content (AvgIpc) is 2.74. The quantitative estimate of drug-likeness (QED) is 0.902. The fourth-order valence-electron chi connectivity index (χ4n) is 1.11. The Bertz CT molecular complexity index is 515. The summed E-state index contributed by atoms with van der Waals surface area (Å²) in [5, 5.41) is 11.0. The van der Waals surface area contributed by atoms with Gasteiger partial charge in [-0.25, -0.2) is 4.98 Å². The Hall–Kier alpha value is -0.660. The predicted octanol–water partition coefficient (Wildman–Crippen LogP) is 3.56. The molecule has 2 rings (SSSR count). The molecule has 0 aromatic carbocycles. The number of carboxylic acid groups (broad SMARTS) is 1. The molecule has 0 fully saturated rings. The normalized spacial score (nSPS) is 10.6. The highest BCUT2D eigenvalue weighted by molar-refractivity contribution is 9.13. The molecule has 0 saturated carbocycles. The SMILES string of the molecule is O=C(O)Cc1csc(-c2cc(Br)c(Br)o2)n1. The number of halogens is 2. The van der Waals surface area contributed by atoms with E-state index in [-0.39, 0.29) is 6.42 Å². The summed E-state index contributed by atoms with van der Waals surface area (Å²) in [6.07, 6.45) is -0.0699. The van der Waals surface area contributed by atoms with E-state index in [9.17, 15) is 4.79 Å². The predicted molar refractivity (Wildman–Crippen MR) is 66.6 cm³/mol. The number of rotatable bonds is 3. The maximum atomic E-state index is 10.5. The van der Waals surface area contributed by atoms with Crippen LogP contribution in [0.3, 0.4) is 0 Å². The van der Waals surface area contributed by atoms with Gasteiger partial charge in [0, 0.05) is 11.4 Å². The van der Waals surface area contributed by atoms with E-state index in [1.807, 2.05) is 0 Å². The minimum atomic E-state index is -0.890. The Labute approximate surface area is 112 Å². The Morgan fingerprint density at radius 2 is 2.31 bits per heavy atom. The molecule has 0 aliphatic rings. The number of carbonyl (C=O) groups is 1. The first kappa shape index (κ1) is 11.8. The van der Waals surface area contributed by atoms with E-state index in [1.165, 1.54) is 11.3 Å². The zero-order valence-electron chi connectivity index (χ0n) is 7.74. The number of nitrogens with zero attached hydrogens (tertiary/aromatic N) is 1. The standard InChI is InChI=1S/C9H5Br2NO3S/c10-5-2-6(15-8(5)11)9-12-4(3-16-9)1-7(13)14/h2-3H,1H2,(H,13,14). The third kappa shape index (κ3) is 2.53. The molecule has 2 aromatic heterocycles. The fraction of sp³-hybridized carbons (Fsp3) is 0.111. The van der Waals surface area contributed by atoms with Gasteiger partial charge in [0.2, 0.25) is 0 Å². The van der Waals surface area contributed by atoms with Crippen LogP contribution in [0.5, 0.6) is 0 Å². The van der Waals surface area contributed by atoms with Crippen LogP contribution in [-0.2, 0) is 11.2 Å². The van der Waals surface area contributed by atoms with Crippen LogP contribution >= 0.6 is 43.2 Å². The molecule has 2 aromatic rings. The van der Waals surface area contributed by atoms with Crippen molar-refractivity contribution in [3.05, 3.63) is 26.3 Å². The molecule has 4 nitrogen and oxygen atoms in total. The van der Waals surface area contributed by atoms with Crippen molar-refractivity contribution in [2.75, 3.05) is 0 Å². The zero-order chi connectivity index (χ0) is 11.7. The molecule has 0 aliphatic heterocycles. The molecular formula is C9H5Br2NO3S. The lowest BCUT2D eigenvalue weighted by atomic mass is 10.3. The molecule has 0 atom stereocenters. The van der Waals surface area contributed by atoms with E-state index in [2.05, 4.69) is 36.8 Å². The summed E-state index contributed by atoms with van der Waals surface area (Å²) in [6.45, 7) is 0. The van der Waals surface area contributed by atoms with Crippen molar-refractivity contribution < 1.29 is 14.3 Å². The second-order valence-electron chi connectivity index (χ2n) is 2.95. The highest BCUT2D eigenvalue weighted by atomic mass is 79.9. The Balaban J connectivity index is 2.27. The van der Waals surface area contributed by atoms with Crippen molar-refractivity contribution in [3.8, 4) is 10.8 Å². The summed E-state index contributed by atoms with van der Waals surface area (Å²) in [6, 6.07) is 1.79. The Kier molecular flexibility index (Phi) is 3.46. The van der Waals surface area contributed by atoms with Crippen LogP contribution in [0.15, 0.2) is 25.0 Å². The van der Waals surface area contributed by atoms with Crippen molar-refractivity contribution in [3.63, 3.8) is 0 Å². The van der Waals surface area contributed by atoms with Crippen LogP contribution in [0.25, 0.3) is 10.8 Å². The molecule has 16 heavy (non-hydrogen) atoms. The third-order valence-corrected chi connectivity index (χ3v) is 4.36. The van der Waals surface area contributed by atoms with Crippen molar-refractivity contribution in [1.82, 2.24) is 4.98 Å². The second kappa shape index (κ2) is 4.68. The summed E-state index contributed by atoms with van der Waals surface area (Å²) >= 11 is 7.89. The maximum Gasteiger partial charge on any atom is 0.309 e. The van der Waals surface area contributed by atoms with Crippen LogP contribution < -0.4 is 0 Å². The van der Waals surface area contributed by atoms with Crippen molar-refractivity contribution >= 4 is 49.2 Å². The smallest absolute Gasteiger partial charge is 0.309 e. The van der Waals surface area contributed by atoms with Crippen molar-refractivity contribution in [1.29, 1.82) is 0 Å². The Morgan fingerprint density at radius 1 is 1.56 bits per heavy atom. The summed E-state index contributed by atoms with van der Waals surface area (Å²) in [7, 11) is 0. The molecule has 0 radical (unpaired) electrons. The van der Waals surface area contributed by atoms with Crippen molar-refractivity contribution in [2.24, 2.45) is 0 Å². The average molecular weight is 367 g/mol. The lowest BCUT2D eigenvalue weighted by molar-refractivity contribution is -0.136. The number of hydrogen-bond donors (Lipinski definition) is 1. The molecule has 0 unspecified atom stereocenters. The van der Waals surface area contributed by atoms with E-state index in [0.29, 0.717) is 21.1 Å². The van der Waals surface area contributed by atoms with Gasteiger partial charge in [-0.2, -0.15) is 0 Å². The first-order valence-corrected chi connectivity index (χ1v) is 6.64. The summed E-state index contributed by atoms with van der Waals surface area (Å²) in [4.78, 5) is 14.7. The van der Waals surface area contributed by atoms with Crippen LogP contribution in [0, 0.1) is 0 Å². The molecule has 0 saturated heterocycles. The van der Waals surface area contributed by atoms with Gasteiger partial charge < -0.3 is 9.52 Å². The van der Waals surface area contributed by atoms with Crippen LogP contribution in [-0.4, -0.2) is 16.1 Å². The maximum absolute atomic E-state index is 10.5. The van der Waals surface area contributed by atoms with Crippen LogP contribution in [0.4, 0.5) is 0 Å². The van der Waals surface area contributed by atoms with E-state index < -0.39 is 5.97 Å². The molecule has 2 heterocycles. The van der Waals surface area contributed by atoms with E-state index in [1.54, 1.807) is 11.4 Å². The second-order valence-corrected chi connectivity index (χ2v) is 5.38. The van der Waals surface area contributed by atoms with E-state index in [0.717, 1.165) is 4.47 Å². The summed E-state index contributed by atoms with van der Waals surface area (Å²) < 4.78 is 6.79. The lowest BCUT2D eigenvalue weighted by Gasteiger charge is -1.88. The molecular weight excluding hydrogens is 362 g/mol. The molecule has 84 valence electrons. The molecule has 0 spiro atoms. The highest BCUT2D eigenvalue weighted by Crippen LogP contribution is 2.34. The van der Waals surface area contributed by atoms with Gasteiger partial charge in [0.05, 0.1) is 16.6 Å². The largest absolute Gasteiger partial charge is 0.481 e. The van der Waals surface area contributed by atoms with Gasteiger partial charge in [0.25, 0.3) is 0 Å². The monoisotopic (exact) mass is 365 g/mol. The minimum Gasteiger partial charge on any atom is -0.481 e. The van der Waals surface area contributed by atoms with Gasteiger partial charge in [0.15, 0.2) is 15.4 Å². The molecule has 0 amide bonds. The van der Waals surface area contributed by atoms with Gasteiger partial charge in [-0.05, 0) is 31.9 Å². The minimum absolute atomic E-state index is 0.0699. The topological polar surface area (TPSA) is 63.3 Å². The summed E-state index contributed by atoms with van der Waals surface area (Å²) in [5.41, 5.74) is 0.538. The van der Waals surface area contributed by atoms with Crippen molar-refractivity contribution in [2.45, 2.75) is 6.42 Å². The van der Waals surface area contributed by atoms with Gasteiger partial charge >= 0.3 is 5.97 Å². The highest BCUT2D eigenvalue weighted by Gasteiger charge is 2.13. The number of aromatic nitrogens is 1. The van der Waals surface area contributed by atoms with E-state index >= 15 is 0 Å². The van der Waals surface area contributed by atoms with Gasteiger partial charge in [-0.3, -0.25) is 4.79 Å². The zero-order valence-corrected chi connectivity index (χ0v) is 11.7. The lowest BCUT2D eigenvalue weighted by Crippen LogP contribution is -1.99. The van der Waals surface area contributed by atoms with Gasteiger partial charge in [0.1, 0.15) is 0 Å². The number of furan rings is 1. The third-order valence-electron chi connectivity index (χ3n) is 1.74. The summed E-state index contributed by atoms with van der Waals surface area (Å²) in [5.74, 6) is -0.279. The number of hydrogen-bond acceptors (Lipinski definition) is 4. The first-order chi connectivity index (χ1) is 7.56. The van der Waals surface area contributed by atoms with E-state index in [4.69, 9.17) is 9.52 Å². The van der Waals surface area contributed by atoms with Gasteiger partial charge in [-0.1, -0.05) is 0 Å². The molecule has 1 N–H and O–H groups in total. The number of thiazole rings is 1. The number of carboxylic acids is 1. The molecule has 7 heteroatoms. The first-order valence-electron chi connectivity index (χ1n) is 4.17. The molecule has 0 bridgehead atoms. The fourth-order valence-corrected chi connectivity index (χ4v) is 2.46. The number of aliphatic carboxylic acids is 1. The van der Waals surface area contributed by atoms with Crippen LogP contribution in [0.2, 0.25) is 0 Å². The molecule has 0 aliphatic carbocycles. The van der Waals surface area contributed by atoms with Gasteiger partial charge in [-0.15, -0.1) is 11.3 Å². The Morgan fingerprint density at radius 3 is 2.88 bits per heavy atom.